The van der Waals surface area contributed by atoms with Crippen molar-refractivity contribution in [1.29, 1.82) is 0 Å². The lowest BCUT2D eigenvalue weighted by atomic mass is 9.75. The van der Waals surface area contributed by atoms with Crippen LogP contribution in [-0.2, 0) is 32.5 Å². The molecule has 444 valence electrons. The van der Waals surface area contributed by atoms with Crippen molar-refractivity contribution in [3.8, 4) is 44.8 Å². The molecule has 2 heterocycles. The maximum Gasteiger partial charge on any atom is 0.488 e. The second-order valence-electron chi connectivity index (χ2n) is 29.9. The number of hydrogen-bond acceptors (Lipinski definition) is 2. The topological polar surface area (TPSA) is 50.3 Å². The van der Waals surface area contributed by atoms with Crippen molar-refractivity contribution in [3.05, 3.63) is 255 Å². The Kier molecular flexibility index (Phi) is 15.0. The second-order valence-corrected chi connectivity index (χ2v) is 30.8. The quantitative estimate of drug-likeness (QED) is 0.173. The Bertz CT molecular complexity index is 4540. The summed E-state index contributed by atoms with van der Waals surface area (Å²) >= 11 is 3.56. The van der Waals surface area contributed by atoms with Gasteiger partial charge in [0.2, 0.25) is 0 Å². The predicted octanol–water partition coefficient (Wildman–Crippen LogP) is 21.2. The predicted molar refractivity (Wildman–Crippen MR) is 381 cm³/mol. The van der Waals surface area contributed by atoms with E-state index in [1.165, 1.54) is 127 Å². The molecule has 4 nitrogen and oxygen atoms in total. The number of benzene rings is 10. The third-order valence-corrected chi connectivity index (χ3v) is 19.6. The van der Waals surface area contributed by atoms with Gasteiger partial charge in [-0.3, -0.25) is 0 Å². The number of rotatable bonds is 4. The zero-order chi connectivity index (χ0) is 62.8. The van der Waals surface area contributed by atoms with Gasteiger partial charge in [-0.1, -0.05) is 242 Å². The van der Waals surface area contributed by atoms with E-state index in [0.717, 1.165) is 10.0 Å². The van der Waals surface area contributed by atoms with E-state index in [4.69, 9.17) is 0 Å². The minimum atomic E-state index is -1.41. The molecule has 0 amide bonds. The maximum absolute atomic E-state index is 9.30. The molecule has 2 aromatic heterocycles. The first-order chi connectivity index (χ1) is 41.4. The van der Waals surface area contributed by atoms with E-state index in [1.807, 2.05) is 24.3 Å². The van der Waals surface area contributed by atoms with E-state index >= 15 is 0 Å². The Morgan fingerprint density at radius 3 is 1.01 bits per heavy atom. The zero-order valence-corrected chi connectivity index (χ0v) is 56.0. The lowest BCUT2D eigenvalue weighted by Gasteiger charge is -2.22. The summed E-state index contributed by atoms with van der Waals surface area (Å²) in [5, 5.41) is 23.9. The van der Waals surface area contributed by atoms with Gasteiger partial charge in [0.05, 0.1) is 22.1 Å². The van der Waals surface area contributed by atoms with Crippen LogP contribution in [0.25, 0.3) is 88.4 Å². The first-order valence-electron chi connectivity index (χ1n) is 31.3. The molecule has 10 aromatic carbocycles. The maximum atomic E-state index is 9.30. The van der Waals surface area contributed by atoms with Crippen LogP contribution in [0, 0.1) is 0 Å². The molecule has 2 N–H and O–H groups in total. The highest BCUT2D eigenvalue weighted by Crippen LogP contribution is 2.51. The molecule has 6 heteroatoms. The average molecular weight is 1220 g/mol. The van der Waals surface area contributed by atoms with Crippen molar-refractivity contribution in [2.24, 2.45) is 0 Å². The molecule has 0 saturated heterocycles. The summed E-state index contributed by atoms with van der Waals surface area (Å²) in [7, 11) is -1.41. The van der Waals surface area contributed by atoms with E-state index < -0.39 is 7.12 Å². The summed E-state index contributed by atoms with van der Waals surface area (Å²) in [6, 6.07) is 75.6. The van der Waals surface area contributed by atoms with Crippen molar-refractivity contribution in [1.82, 2.24) is 9.13 Å². The molecular formula is C82H84BBrN2O2. The number of hydrogen-bond donors (Lipinski definition) is 2. The molecule has 0 spiro atoms. The Hall–Kier alpha value is -7.74. The van der Waals surface area contributed by atoms with Crippen molar-refractivity contribution < 1.29 is 10.0 Å². The molecule has 0 radical (unpaired) electrons. The molecule has 0 saturated carbocycles. The van der Waals surface area contributed by atoms with E-state index in [2.05, 4.69) is 312 Å². The lowest BCUT2D eigenvalue weighted by molar-refractivity contribution is 0.425. The SMILES string of the molecule is CC(C)(C)c1ccc2c(c1)c1cc(C(C)(C)C)ccc1n2-c1ccc(-c2ccc3c(c2)C(C)(C)c2ccccc2-3)cc1.CC(C)(C)c1ccc2c(c1)c1cc(C(C)(C)C)ccc1n2-c1ccc(Br)cc1.CC1(C)c2ccccc2-c2ccc(B(O)O)cc21. The van der Waals surface area contributed by atoms with Gasteiger partial charge in [-0.15, -0.1) is 0 Å². The highest BCUT2D eigenvalue weighted by molar-refractivity contribution is 9.10. The van der Waals surface area contributed by atoms with Crippen LogP contribution in [0.2, 0.25) is 0 Å². The zero-order valence-electron chi connectivity index (χ0n) is 54.4. The number of aromatic nitrogens is 2. The van der Waals surface area contributed by atoms with Crippen molar-refractivity contribution >= 4 is 72.1 Å². The molecule has 0 fully saturated rings. The average Bonchev–Trinajstić information content (AvgIpc) is 1.81. The van der Waals surface area contributed by atoms with Gasteiger partial charge >= 0.3 is 7.12 Å². The normalized spacial score (nSPS) is 14.0. The summed E-state index contributed by atoms with van der Waals surface area (Å²) in [5.74, 6) is 0. The van der Waals surface area contributed by atoms with Gasteiger partial charge in [0, 0.05) is 48.2 Å². The molecule has 14 rings (SSSR count). The Morgan fingerprint density at radius 1 is 0.330 bits per heavy atom. The highest BCUT2D eigenvalue weighted by Gasteiger charge is 2.37. The van der Waals surface area contributed by atoms with Crippen LogP contribution in [-0.4, -0.2) is 26.3 Å². The highest BCUT2D eigenvalue weighted by atomic mass is 79.9. The van der Waals surface area contributed by atoms with E-state index in [0.29, 0.717) is 5.46 Å². The molecule has 0 unspecified atom stereocenters. The van der Waals surface area contributed by atoms with Crippen LogP contribution in [0.4, 0.5) is 0 Å². The largest absolute Gasteiger partial charge is 0.488 e. The van der Waals surface area contributed by atoms with Crippen LogP contribution >= 0.6 is 15.9 Å². The number of nitrogens with zero attached hydrogens (tertiary/aromatic N) is 2. The molecule has 12 aromatic rings. The Balaban J connectivity index is 0.000000141. The van der Waals surface area contributed by atoms with Gasteiger partial charge in [0.25, 0.3) is 0 Å². The summed E-state index contributed by atoms with van der Waals surface area (Å²) in [6.07, 6.45) is 0. The van der Waals surface area contributed by atoms with Gasteiger partial charge in [-0.2, -0.15) is 0 Å². The van der Waals surface area contributed by atoms with Crippen molar-refractivity contribution in [2.75, 3.05) is 0 Å². The van der Waals surface area contributed by atoms with Gasteiger partial charge in [0.15, 0.2) is 0 Å². The fourth-order valence-electron chi connectivity index (χ4n) is 13.6. The smallest absolute Gasteiger partial charge is 0.423 e. The molecule has 0 bridgehead atoms. The van der Waals surface area contributed by atoms with Crippen LogP contribution < -0.4 is 5.46 Å². The first kappa shape index (κ1) is 60.5. The van der Waals surface area contributed by atoms with E-state index in [9.17, 15) is 10.0 Å². The van der Waals surface area contributed by atoms with Gasteiger partial charge in [0.1, 0.15) is 0 Å². The molecule has 0 aliphatic heterocycles. The third-order valence-electron chi connectivity index (χ3n) is 19.0. The Morgan fingerprint density at radius 2 is 0.648 bits per heavy atom. The van der Waals surface area contributed by atoms with E-state index in [1.54, 1.807) is 6.07 Å². The van der Waals surface area contributed by atoms with Crippen molar-refractivity contribution in [2.45, 2.75) is 143 Å². The monoisotopic (exact) mass is 1220 g/mol. The van der Waals surface area contributed by atoms with Gasteiger partial charge < -0.3 is 19.2 Å². The third kappa shape index (κ3) is 10.8. The molecule has 2 aliphatic rings. The van der Waals surface area contributed by atoms with Crippen molar-refractivity contribution in [3.63, 3.8) is 0 Å². The molecule has 2 aliphatic carbocycles. The van der Waals surface area contributed by atoms with Crippen LogP contribution in [0.5, 0.6) is 0 Å². The minimum Gasteiger partial charge on any atom is -0.423 e. The lowest BCUT2D eigenvalue weighted by Crippen LogP contribution is -2.31. The summed E-state index contributed by atoms with van der Waals surface area (Å²) in [5.41, 5.74) is 26.8. The van der Waals surface area contributed by atoms with E-state index in [-0.39, 0.29) is 32.5 Å². The van der Waals surface area contributed by atoms with Crippen LogP contribution in [0.15, 0.2) is 211 Å². The Labute approximate surface area is 531 Å². The summed E-state index contributed by atoms with van der Waals surface area (Å²) < 4.78 is 5.92. The fourth-order valence-corrected chi connectivity index (χ4v) is 13.9. The minimum absolute atomic E-state index is 0.00264. The first-order valence-corrected chi connectivity index (χ1v) is 32.1. The van der Waals surface area contributed by atoms with Crippen LogP contribution in [0.1, 0.15) is 155 Å². The summed E-state index contributed by atoms with van der Waals surface area (Å²) in [6.45, 7) is 36.5. The molecular weight excluding hydrogens is 1140 g/mol. The standard InChI is InChI=1S/C41H41N.C26H28BrN.C15H15BO2/c1-39(2,3)28-16-21-37-33(24-28)34-25-29(40(4,5)6)17-22-38(34)42(37)30-18-13-26(14-19-30)27-15-20-32-31-11-9-10-12-35(31)41(7,8)36(32)23-27;1-25(2,3)17-7-13-23-21(15-17)22-16-18(26(4,5)6)8-14-24(22)28(23)20-11-9-19(27)10-12-20;1-15(2)13-6-4-3-5-11(13)12-8-7-10(16(17)18)9-14(12)15/h9-25H,1-8H3;7-16H,1-6H3;3-9,17-18H,1-2H3. The van der Waals surface area contributed by atoms with Gasteiger partial charge in [-0.25, -0.2) is 0 Å². The summed E-state index contributed by atoms with van der Waals surface area (Å²) in [4.78, 5) is 0. The van der Waals surface area contributed by atoms with Crippen LogP contribution in [0.3, 0.4) is 0 Å². The fraction of sp³-hybridized carbons (Fsp3) is 0.268. The number of fused-ring (bicyclic) bond motifs is 12. The second kappa shape index (κ2) is 21.8. The van der Waals surface area contributed by atoms with Gasteiger partial charge in [-0.05, 0) is 196 Å². The molecule has 0 atom stereocenters. The number of halogens is 1. The molecule has 88 heavy (non-hydrogen) atoms.